The van der Waals surface area contributed by atoms with Crippen molar-refractivity contribution >= 4 is 17.7 Å². The van der Waals surface area contributed by atoms with Crippen molar-refractivity contribution in [2.24, 2.45) is 0 Å². The van der Waals surface area contributed by atoms with Crippen LogP contribution in [0.1, 0.15) is 27.2 Å². The van der Waals surface area contributed by atoms with Crippen LogP contribution < -0.4 is 4.74 Å². The Morgan fingerprint density at radius 1 is 1.23 bits per heavy atom. The summed E-state index contributed by atoms with van der Waals surface area (Å²) in [5.74, 6) is -0.138. The van der Waals surface area contributed by atoms with E-state index in [-0.39, 0.29) is 18.7 Å². The van der Waals surface area contributed by atoms with Gasteiger partial charge in [-0.15, -0.1) is 0 Å². The molecular weight excluding hydrogens is 344 g/mol. The van der Waals surface area contributed by atoms with Gasteiger partial charge in [0.1, 0.15) is 23.5 Å². The number of hydrogen-bond acceptors (Lipinski definition) is 7. The van der Waals surface area contributed by atoms with Crippen molar-refractivity contribution in [1.82, 2.24) is 4.90 Å². The normalized spacial score (nSPS) is 19.8. The number of ether oxygens (including phenoxy) is 3. The minimum atomic E-state index is -0.808. The van der Waals surface area contributed by atoms with Crippen LogP contribution in [0.5, 0.6) is 5.75 Å². The monoisotopic (exact) mass is 366 g/mol. The van der Waals surface area contributed by atoms with Gasteiger partial charge in [0.25, 0.3) is 5.69 Å². The van der Waals surface area contributed by atoms with Crippen molar-refractivity contribution in [1.29, 1.82) is 0 Å². The first-order chi connectivity index (χ1) is 12.1. The highest BCUT2D eigenvalue weighted by Crippen LogP contribution is 2.27. The molecule has 0 aliphatic carbocycles. The minimum Gasteiger partial charge on any atom is -0.488 e. The van der Waals surface area contributed by atoms with Gasteiger partial charge in [0.2, 0.25) is 0 Å². The van der Waals surface area contributed by atoms with Crippen LogP contribution in [0.15, 0.2) is 24.3 Å². The number of amides is 1. The van der Waals surface area contributed by atoms with E-state index < -0.39 is 34.7 Å². The third kappa shape index (κ3) is 4.84. The van der Waals surface area contributed by atoms with E-state index in [1.54, 1.807) is 20.8 Å². The molecule has 0 bridgehead atoms. The zero-order chi connectivity index (χ0) is 19.5. The maximum atomic E-state index is 12.4. The van der Waals surface area contributed by atoms with Crippen molar-refractivity contribution in [3.63, 3.8) is 0 Å². The molecule has 0 aromatic heterocycles. The van der Waals surface area contributed by atoms with Crippen LogP contribution in [0.25, 0.3) is 0 Å². The van der Waals surface area contributed by atoms with Crippen molar-refractivity contribution in [2.75, 3.05) is 13.7 Å². The molecule has 0 spiro atoms. The molecular formula is C17H22N2O7. The summed E-state index contributed by atoms with van der Waals surface area (Å²) in [4.78, 5) is 35.9. The molecule has 9 nitrogen and oxygen atoms in total. The Hall–Kier alpha value is -2.84. The zero-order valence-corrected chi connectivity index (χ0v) is 15.1. The van der Waals surface area contributed by atoms with Gasteiger partial charge in [-0.25, -0.2) is 9.59 Å². The Kier molecular flexibility index (Phi) is 5.69. The second-order valence-electron chi connectivity index (χ2n) is 6.90. The summed E-state index contributed by atoms with van der Waals surface area (Å²) in [6.45, 7) is 5.35. The summed E-state index contributed by atoms with van der Waals surface area (Å²) < 4.78 is 15.9. The van der Waals surface area contributed by atoms with Gasteiger partial charge in [0.15, 0.2) is 0 Å². The summed E-state index contributed by atoms with van der Waals surface area (Å²) in [5.41, 5.74) is -0.749. The average Bonchev–Trinajstić information content (AvgIpc) is 2.97. The Bertz CT molecular complexity index is 681. The van der Waals surface area contributed by atoms with Crippen LogP contribution in [0.3, 0.4) is 0 Å². The van der Waals surface area contributed by atoms with Crippen LogP contribution >= 0.6 is 0 Å². The van der Waals surface area contributed by atoms with Gasteiger partial charge in [-0.05, 0) is 32.9 Å². The molecule has 0 radical (unpaired) electrons. The Balaban J connectivity index is 2.10. The number of benzene rings is 1. The number of likely N-dealkylation sites (tertiary alicyclic amines) is 1. The van der Waals surface area contributed by atoms with E-state index in [1.165, 1.54) is 36.3 Å². The van der Waals surface area contributed by atoms with E-state index in [1.807, 2.05) is 0 Å². The third-order valence-electron chi connectivity index (χ3n) is 3.71. The third-order valence-corrected chi connectivity index (χ3v) is 3.71. The summed E-state index contributed by atoms with van der Waals surface area (Å²) >= 11 is 0. The molecule has 1 saturated heterocycles. The topological polar surface area (TPSA) is 108 Å². The smallest absolute Gasteiger partial charge is 0.411 e. The standard InChI is InChI=1S/C17H22N2O7/c1-17(2,3)26-16(21)18-10-13(9-14(18)15(20)24-4)25-12-7-5-11(6-8-12)19(22)23/h5-8,13-14H,9-10H2,1-4H3/t13?,14-/m0/s1. The van der Waals surface area contributed by atoms with Gasteiger partial charge < -0.3 is 14.2 Å². The summed E-state index contributed by atoms with van der Waals surface area (Å²) in [7, 11) is 1.25. The molecule has 1 unspecified atom stereocenters. The number of non-ortho nitro benzene ring substituents is 1. The van der Waals surface area contributed by atoms with Crippen LogP contribution in [0.2, 0.25) is 0 Å². The first-order valence-corrected chi connectivity index (χ1v) is 8.09. The quantitative estimate of drug-likeness (QED) is 0.457. The van der Waals surface area contributed by atoms with E-state index in [9.17, 15) is 19.7 Å². The molecule has 0 saturated carbocycles. The minimum absolute atomic E-state index is 0.0495. The largest absolute Gasteiger partial charge is 0.488 e. The van der Waals surface area contributed by atoms with Crippen LogP contribution in [-0.2, 0) is 14.3 Å². The van der Waals surface area contributed by atoms with E-state index in [0.717, 1.165) is 0 Å². The summed E-state index contributed by atoms with van der Waals surface area (Å²) in [6, 6.07) is 4.79. The lowest BCUT2D eigenvalue weighted by molar-refractivity contribution is -0.384. The molecule has 2 atom stereocenters. The van der Waals surface area contributed by atoms with Gasteiger partial charge in [-0.3, -0.25) is 15.0 Å². The van der Waals surface area contributed by atoms with Gasteiger partial charge in [-0.2, -0.15) is 0 Å². The van der Waals surface area contributed by atoms with E-state index in [2.05, 4.69) is 0 Å². The maximum Gasteiger partial charge on any atom is 0.411 e. The van der Waals surface area contributed by atoms with Crippen LogP contribution in [-0.4, -0.2) is 53.3 Å². The van der Waals surface area contributed by atoms with E-state index >= 15 is 0 Å². The van der Waals surface area contributed by atoms with Crippen LogP contribution in [0, 0.1) is 10.1 Å². The SMILES string of the molecule is COC(=O)[C@@H]1CC(Oc2ccc([N+](=O)[O-])cc2)CN1C(=O)OC(C)(C)C. The molecule has 1 fully saturated rings. The number of hydrogen-bond donors (Lipinski definition) is 0. The Morgan fingerprint density at radius 2 is 1.85 bits per heavy atom. The number of esters is 1. The lowest BCUT2D eigenvalue weighted by Crippen LogP contribution is -2.44. The second-order valence-corrected chi connectivity index (χ2v) is 6.90. The molecule has 1 aromatic carbocycles. The first kappa shape index (κ1) is 19.5. The molecule has 142 valence electrons. The summed E-state index contributed by atoms with van der Waals surface area (Å²) in [6.07, 6.45) is -0.848. The van der Waals surface area contributed by atoms with Gasteiger partial charge in [0, 0.05) is 18.6 Å². The van der Waals surface area contributed by atoms with Gasteiger partial charge >= 0.3 is 12.1 Å². The molecule has 1 aliphatic heterocycles. The number of nitrogens with zero attached hydrogens (tertiary/aromatic N) is 2. The summed E-state index contributed by atoms with van der Waals surface area (Å²) in [5, 5.41) is 10.7. The highest BCUT2D eigenvalue weighted by molar-refractivity contribution is 5.82. The Labute approximate surface area is 151 Å². The predicted molar refractivity (Wildman–Crippen MR) is 90.9 cm³/mol. The number of nitro benzene ring substituents is 1. The molecule has 26 heavy (non-hydrogen) atoms. The number of carbonyl (C=O) groups is 2. The highest BCUT2D eigenvalue weighted by Gasteiger charge is 2.43. The number of nitro groups is 1. The first-order valence-electron chi connectivity index (χ1n) is 8.09. The molecule has 9 heteroatoms. The van der Waals surface area contributed by atoms with E-state index in [4.69, 9.17) is 14.2 Å². The molecule has 2 rings (SSSR count). The predicted octanol–water partition coefficient (Wildman–Crippen LogP) is 2.52. The fraction of sp³-hybridized carbons (Fsp3) is 0.529. The van der Waals surface area contributed by atoms with Crippen molar-refractivity contribution in [2.45, 2.75) is 44.9 Å². The molecule has 1 heterocycles. The molecule has 1 amide bonds. The maximum absolute atomic E-state index is 12.4. The van der Waals surface area contributed by atoms with Crippen LogP contribution in [0.4, 0.5) is 10.5 Å². The molecule has 1 aromatic rings. The van der Waals surface area contributed by atoms with E-state index in [0.29, 0.717) is 5.75 Å². The van der Waals surface area contributed by atoms with Crippen molar-refractivity contribution < 1.29 is 28.7 Å². The highest BCUT2D eigenvalue weighted by atomic mass is 16.6. The number of rotatable bonds is 4. The lowest BCUT2D eigenvalue weighted by Gasteiger charge is -2.27. The fourth-order valence-electron chi connectivity index (χ4n) is 2.60. The molecule has 1 aliphatic rings. The average molecular weight is 366 g/mol. The van der Waals surface area contributed by atoms with Crippen molar-refractivity contribution in [3.05, 3.63) is 34.4 Å². The van der Waals surface area contributed by atoms with Gasteiger partial charge in [0.05, 0.1) is 18.6 Å². The van der Waals surface area contributed by atoms with Crippen molar-refractivity contribution in [3.8, 4) is 5.75 Å². The number of methoxy groups -OCH3 is 1. The second kappa shape index (κ2) is 7.59. The fourth-order valence-corrected chi connectivity index (χ4v) is 2.60. The lowest BCUT2D eigenvalue weighted by atomic mass is 10.2. The number of carbonyl (C=O) groups excluding carboxylic acids is 2. The Morgan fingerprint density at radius 3 is 2.35 bits per heavy atom. The molecule has 0 N–H and O–H groups in total. The van der Waals surface area contributed by atoms with Gasteiger partial charge in [-0.1, -0.05) is 0 Å². The zero-order valence-electron chi connectivity index (χ0n) is 15.1.